The Balaban J connectivity index is 1.84. The van der Waals surface area contributed by atoms with Crippen LogP contribution in [0.5, 0.6) is 5.75 Å². The second kappa shape index (κ2) is 10.2. The van der Waals surface area contributed by atoms with Gasteiger partial charge in [0.1, 0.15) is 5.75 Å². The van der Waals surface area contributed by atoms with Crippen LogP contribution in [0.4, 0.5) is 17.1 Å². The molecule has 0 saturated carbocycles. The van der Waals surface area contributed by atoms with Gasteiger partial charge < -0.3 is 20.7 Å². The largest absolute Gasteiger partial charge is 0.491 e. The van der Waals surface area contributed by atoms with Gasteiger partial charge in [0.15, 0.2) is 0 Å². The van der Waals surface area contributed by atoms with Gasteiger partial charge in [0, 0.05) is 23.5 Å². The molecule has 0 spiro atoms. The van der Waals surface area contributed by atoms with E-state index in [1.165, 1.54) is 0 Å². The van der Waals surface area contributed by atoms with Gasteiger partial charge >= 0.3 is 0 Å². The van der Waals surface area contributed by atoms with Gasteiger partial charge in [-0.3, -0.25) is 9.59 Å². The van der Waals surface area contributed by atoms with Gasteiger partial charge in [0.05, 0.1) is 12.6 Å². The molecule has 0 heterocycles. The van der Waals surface area contributed by atoms with Gasteiger partial charge in [0.2, 0.25) is 11.8 Å². The minimum absolute atomic E-state index is 0.0686. The molecule has 0 aliphatic heterocycles. The maximum atomic E-state index is 12.1. The van der Waals surface area contributed by atoms with Gasteiger partial charge in [0.25, 0.3) is 0 Å². The Morgan fingerprint density at radius 3 is 2.15 bits per heavy atom. The fourth-order valence-corrected chi connectivity index (χ4v) is 2.28. The molecule has 2 rings (SSSR count). The Hall–Kier alpha value is -3.02. The van der Waals surface area contributed by atoms with Crippen molar-refractivity contribution in [3.05, 3.63) is 48.5 Å². The number of rotatable bonds is 9. The fourth-order valence-electron chi connectivity index (χ4n) is 2.28. The van der Waals surface area contributed by atoms with Crippen LogP contribution in [0.3, 0.4) is 0 Å². The zero-order valence-electron chi connectivity index (χ0n) is 16.0. The average molecular weight is 369 g/mol. The SMILES string of the molecule is CCC(=O)Nc1cccc(NC(=O)CNc2ccc(OC(C)CC)cc2)c1. The number of hydrogen-bond acceptors (Lipinski definition) is 4. The molecule has 2 amide bonds. The lowest BCUT2D eigenvalue weighted by atomic mass is 10.2. The summed E-state index contributed by atoms with van der Waals surface area (Å²) >= 11 is 0. The quantitative estimate of drug-likeness (QED) is 0.617. The number of amides is 2. The number of ether oxygens (including phenoxy) is 1. The van der Waals surface area contributed by atoms with Crippen LogP contribution in [-0.2, 0) is 9.59 Å². The third kappa shape index (κ3) is 7.01. The predicted octanol–water partition coefficient (Wildman–Crippen LogP) is 4.26. The van der Waals surface area contributed by atoms with Crippen molar-refractivity contribution in [1.82, 2.24) is 0 Å². The first kappa shape index (κ1) is 20.3. The van der Waals surface area contributed by atoms with Crippen LogP contribution in [0.25, 0.3) is 0 Å². The number of carbonyl (C=O) groups is 2. The smallest absolute Gasteiger partial charge is 0.243 e. The zero-order chi connectivity index (χ0) is 19.6. The summed E-state index contributed by atoms with van der Waals surface area (Å²) in [4.78, 5) is 23.6. The molecule has 3 N–H and O–H groups in total. The van der Waals surface area contributed by atoms with E-state index in [-0.39, 0.29) is 24.5 Å². The van der Waals surface area contributed by atoms with E-state index in [2.05, 4.69) is 22.9 Å². The van der Waals surface area contributed by atoms with Crippen LogP contribution in [0, 0.1) is 0 Å². The van der Waals surface area contributed by atoms with E-state index < -0.39 is 0 Å². The average Bonchev–Trinajstić information content (AvgIpc) is 2.67. The molecule has 6 nitrogen and oxygen atoms in total. The summed E-state index contributed by atoms with van der Waals surface area (Å²) in [5, 5.41) is 8.66. The molecule has 0 saturated heterocycles. The van der Waals surface area contributed by atoms with Crippen molar-refractivity contribution in [2.75, 3.05) is 22.5 Å². The molecule has 0 aliphatic carbocycles. The Bertz CT molecular complexity index is 760. The van der Waals surface area contributed by atoms with Crippen LogP contribution < -0.4 is 20.7 Å². The van der Waals surface area contributed by atoms with E-state index in [1.54, 1.807) is 31.2 Å². The standard InChI is InChI=1S/C21H27N3O3/c1-4-15(3)27-19-11-9-16(10-12-19)22-14-21(26)24-18-8-6-7-17(13-18)23-20(25)5-2/h6-13,15,22H,4-5,14H2,1-3H3,(H,23,25)(H,24,26). The van der Waals surface area contributed by atoms with E-state index in [9.17, 15) is 9.59 Å². The van der Waals surface area contributed by atoms with Crippen molar-refractivity contribution in [3.63, 3.8) is 0 Å². The van der Waals surface area contributed by atoms with Gasteiger partial charge in [-0.2, -0.15) is 0 Å². The third-order valence-corrected chi connectivity index (χ3v) is 3.97. The fraction of sp³-hybridized carbons (Fsp3) is 0.333. The summed E-state index contributed by atoms with van der Waals surface area (Å²) in [5.41, 5.74) is 2.13. The summed E-state index contributed by atoms with van der Waals surface area (Å²) in [7, 11) is 0. The molecule has 0 bridgehead atoms. The van der Waals surface area contributed by atoms with E-state index in [1.807, 2.05) is 31.2 Å². The van der Waals surface area contributed by atoms with Crippen molar-refractivity contribution < 1.29 is 14.3 Å². The van der Waals surface area contributed by atoms with Crippen LogP contribution in [0.2, 0.25) is 0 Å². The topological polar surface area (TPSA) is 79.5 Å². The Morgan fingerprint density at radius 2 is 1.56 bits per heavy atom. The first-order valence-corrected chi connectivity index (χ1v) is 9.20. The lowest BCUT2D eigenvalue weighted by Gasteiger charge is -2.13. The maximum Gasteiger partial charge on any atom is 0.243 e. The van der Waals surface area contributed by atoms with Crippen molar-refractivity contribution in [1.29, 1.82) is 0 Å². The molecule has 1 atom stereocenters. The number of anilines is 3. The molecule has 1 unspecified atom stereocenters. The number of benzene rings is 2. The first-order valence-electron chi connectivity index (χ1n) is 9.20. The van der Waals surface area contributed by atoms with Crippen molar-refractivity contribution in [2.24, 2.45) is 0 Å². The molecular weight excluding hydrogens is 342 g/mol. The van der Waals surface area contributed by atoms with Crippen molar-refractivity contribution in [3.8, 4) is 5.75 Å². The minimum Gasteiger partial charge on any atom is -0.491 e. The van der Waals surface area contributed by atoms with Crippen molar-refractivity contribution >= 4 is 28.9 Å². The van der Waals surface area contributed by atoms with Gasteiger partial charge in [-0.25, -0.2) is 0 Å². The molecule has 0 aromatic heterocycles. The molecular formula is C21H27N3O3. The summed E-state index contributed by atoms with van der Waals surface area (Å²) < 4.78 is 5.73. The van der Waals surface area contributed by atoms with Crippen molar-refractivity contribution in [2.45, 2.75) is 39.7 Å². The summed E-state index contributed by atoms with van der Waals surface area (Å²) in [5.74, 6) is 0.570. The first-order chi connectivity index (χ1) is 13.0. The predicted molar refractivity (Wildman–Crippen MR) is 109 cm³/mol. The van der Waals surface area contributed by atoms with Crippen LogP contribution in [0.1, 0.15) is 33.6 Å². The molecule has 0 radical (unpaired) electrons. The molecule has 2 aromatic carbocycles. The number of nitrogens with one attached hydrogen (secondary N) is 3. The van der Waals surface area contributed by atoms with E-state index in [0.29, 0.717) is 17.8 Å². The lowest BCUT2D eigenvalue weighted by molar-refractivity contribution is -0.116. The molecule has 2 aromatic rings. The number of carbonyl (C=O) groups excluding carboxylic acids is 2. The third-order valence-electron chi connectivity index (χ3n) is 3.97. The highest BCUT2D eigenvalue weighted by molar-refractivity contribution is 5.95. The minimum atomic E-state index is -0.172. The molecule has 0 fully saturated rings. The van der Waals surface area contributed by atoms with Crippen LogP contribution >= 0.6 is 0 Å². The highest BCUT2D eigenvalue weighted by Crippen LogP contribution is 2.18. The maximum absolute atomic E-state index is 12.1. The molecule has 6 heteroatoms. The van der Waals surface area contributed by atoms with E-state index in [0.717, 1.165) is 17.9 Å². The highest BCUT2D eigenvalue weighted by Gasteiger charge is 2.05. The summed E-state index contributed by atoms with van der Waals surface area (Å²) in [6.07, 6.45) is 1.53. The Labute approximate surface area is 160 Å². The Kier molecular flexibility index (Phi) is 7.67. The second-order valence-electron chi connectivity index (χ2n) is 6.25. The van der Waals surface area contributed by atoms with Crippen LogP contribution in [0.15, 0.2) is 48.5 Å². The highest BCUT2D eigenvalue weighted by atomic mass is 16.5. The van der Waals surface area contributed by atoms with E-state index in [4.69, 9.17) is 4.74 Å². The molecule has 27 heavy (non-hydrogen) atoms. The van der Waals surface area contributed by atoms with Crippen LogP contribution in [-0.4, -0.2) is 24.5 Å². The summed E-state index contributed by atoms with van der Waals surface area (Å²) in [6, 6.07) is 14.6. The normalized spacial score (nSPS) is 11.4. The van der Waals surface area contributed by atoms with Gasteiger partial charge in [-0.15, -0.1) is 0 Å². The summed E-state index contributed by atoms with van der Waals surface area (Å²) in [6.45, 7) is 6.03. The van der Waals surface area contributed by atoms with Gasteiger partial charge in [-0.05, 0) is 55.8 Å². The Morgan fingerprint density at radius 1 is 0.926 bits per heavy atom. The molecule has 144 valence electrons. The monoisotopic (exact) mass is 369 g/mol. The number of hydrogen-bond donors (Lipinski definition) is 3. The van der Waals surface area contributed by atoms with E-state index >= 15 is 0 Å². The lowest BCUT2D eigenvalue weighted by Crippen LogP contribution is -2.21. The van der Waals surface area contributed by atoms with Gasteiger partial charge in [-0.1, -0.05) is 19.9 Å². The second-order valence-corrected chi connectivity index (χ2v) is 6.25. The zero-order valence-corrected chi connectivity index (χ0v) is 16.0. The molecule has 0 aliphatic rings.